The summed E-state index contributed by atoms with van der Waals surface area (Å²) in [5.41, 5.74) is 0.804. The predicted molar refractivity (Wildman–Crippen MR) is 81.3 cm³/mol. The van der Waals surface area contributed by atoms with Crippen molar-refractivity contribution in [1.29, 1.82) is 0 Å². The van der Waals surface area contributed by atoms with Gasteiger partial charge in [0.05, 0.1) is 20.3 Å². The summed E-state index contributed by atoms with van der Waals surface area (Å²) >= 11 is 0. The van der Waals surface area contributed by atoms with E-state index in [1.54, 1.807) is 12.1 Å². The van der Waals surface area contributed by atoms with Gasteiger partial charge in [0, 0.05) is 12.6 Å². The highest BCUT2D eigenvalue weighted by molar-refractivity contribution is 5.53. The highest BCUT2D eigenvalue weighted by atomic mass is 19.3. The van der Waals surface area contributed by atoms with Crippen molar-refractivity contribution in [1.82, 2.24) is 5.32 Å². The lowest BCUT2D eigenvalue weighted by Gasteiger charge is -2.28. The molecule has 0 aliphatic heterocycles. The maximum Gasteiger partial charge on any atom is 0.387 e. The van der Waals surface area contributed by atoms with Crippen LogP contribution in [0.2, 0.25) is 0 Å². The van der Waals surface area contributed by atoms with E-state index >= 15 is 0 Å². The standard InChI is InChI=1S/C16H23F2NO4/c1-21-13-7-10(8-14(22-2)15(13)23-16(17)18)9-19-11-5-3-4-6-12(11)20/h7-8,11-12,16,19-20H,3-6,9H2,1-2H3/t11-,12+/m1/s1. The molecule has 0 heterocycles. The second-order valence-corrected chi connectivity index (χ2v) is 5.55. The monoisotopic (exact) mass is 331 g/mol. The molecule has 0 aromatic heterocycles. The van der Waals surface area contributed by atoms with Crippen molar-refractivity contribution >= 4 is 0 Å². The van der Waals surface area contributed by atoms with E-state index < -0.39 is 6.61 Å². The van der Waals surface area contributed by atoms with E-state index in [-0.39, 0.29) is 29.4 Å². The van der Waals surface area contributed by atoms with E-state index in [2.05, 4.69) is 10.1 Å². The summed E-state index contributed by atoms with van der Waals surface area (Å²) in [4.78, 5) is 0. The molecule has 1 fully saturated rings. The molecule has 1 aliphatic rings. The van der Waals surface area contributed by atoms with Crippen LogP contribution in [0.15, 0.2) is 12.1 Å². The molecular weight excluding hydrogens is 308 g/mol. The van der Waals surface area contributed by atoms with Crippen LogP contribution < -0.4 is 19.5 Å². The Labute approximate surface area is 134 Å². The van der Waals surface area contributed by atoms with Gasteiger partial charge >= 0.3 is 6.61 Å². The molecule has 1 aromatic rings. The van der Waals surface area contributed by atoms with Gasteiger partial charge in [0.25, 0.3) is 0 Å². The molecule has 5 nitrogen and oxygen atoms in total. The average molecular weight is 331 g/mol. The zero-order chi connectivity index (χ0) is 16.8. The number of aliphatic hydroxyl groups excluding tert-OH is 1. The molecule has 0 radical (unpaired) electrons. The van der Waals surface area contributed by atoms with Crippen LogP contribution in [0.25, 0.3) is 0 Å². The van der Waals surface area contributed by atoms with Crippen molar-refractivity contribution in [2.24, 2.45) is 0 Å². The summed E-state index contributed by atoms with van der Waals surface area (Å²) in [6.45, 7) is -2.48. The first-order valence-corrected chi connectivity index (χ1v) is 7.66. The lowest BCUT2D eigenvalue weighted by molar-refractivity contribution is -0.0526. The Morgan fingerprint density at radius 3 is 2.30 bits per heavy atom. The van der Waals surface area contributed by atoms with Crippen LogP contribution in [0.3, 0.4) is 0 Å². The molecule has 0 unspecified atom stereocenters. The van der Waals surface area contributed by atoms with E-state index in [4.69, 9.17) is 9.47 Å². The van der Waals surface area contributed by atoms with Crippen LogP contribution in [-0.4, -0.2) is 38.1 Å². The Balaban J connectivity index is 2.12. The third kappa shape index (κ3) is 4.68. The van der Waals surface area contributed by atoms with Gasteiger partial charge in [-0.2, -0.15) is 8.78 Å². The van der Waals surface area contributed by atoms with Crippen molar-refractivity contribution in [3.63, 3.8) is 0 Å². The van der Waals surface area contributed by atoms with E-state index in [0.29, 0.717) is 6.54 Å². The molecule has 1 aliphatic carbocycles. The van der Waals surface area contributed by atoms with E-state index in [1.807, 2.05) is 0 Å². The minimum absolute atomic E-state index is 0.0396. The molecule has 0 spiro atoms. The van der Waals surface area contributed by atoms with Gasteiger partial charge < -0.3 is 24.6 Å². The van der Waals surface area contributed by atoms with Crippen LogP contribution in [0.4, 0.5) is 8.78 Å². The van der Waals surface area contributed by atoms with Gasteiger partial charge in [0.15, 0.2) is 11.5 Å². The van der Waals surface area contributed by atoms with Crippen LogP contribution in [0.5, 0.6) is 17.2 Å². The highest BCUT2D eigenvalue weighted by Crippen LogP contribution is 2.39. The van der Waals surface area contributed by atoms with Crippen molar-refractivity contribution in [2.45, 2.75) is 51.0 Å². The van der Waals surface area contributed by atoms with Gasteiger partial charge in [-0.3, -0.25) is 0 Å². The molecule has 1 saturated carbocycles. The smallest absolute Gasteiger partial charge is 0.387 e. The highest BCUT2D eigenvalue weighted by Gasteiger charge is 2.23. The van der Waals surface area contributed by atoms with Crippen LogP contribution >= 0.6 is 0 Å². The molecule has 23 heavy (non-hydrogen) atoms. The summed E-state index contributed by atoms with van der Waals surface area (Å²) in [5, 5.41) is 13.3. The minimum Gasteiger partial charge on any atom is -0.493 e. The van der Waals surface area contributed by atoms with Crippen molar-refractivity contribution < 1.29 is 28.1 Å². The number of halogens is 2. The number of benzene rings is 1. The largest absolute Gasteiger partial charge is 0.493 e. The number of aliphatic hydroxyl groups is 1. The molecule has 2 atom stereocenters. The first-order valence-electron chi connectivity index (χ1n) is 7.66. The van der Waals surface area contributed by atoms with E-state index in [1.165, 1.54) is 14.2 Å². The minimum atomic E-state index is -2.96. The molecular formula is C16H23F2NO4. The number of alkyl halides is 2. The Kier molecular flexibility index (Phi) is 6.41. The number of hydrogen-bond acceptors (Lipinski definition) is 5. The first-order chi connectivity index (χ1) is 11.0. The third-order valence-electron chi connectivity index (χ3n) is 4.03. The zero-order valence-electron chi connectivity index (χ0n) is 13.4. The SMILES string of the molecule is COc1cc(CN[C@@H]2CCCC[C@@H]2O)cc(OC)c1OC(F)F. The molecule has 0 bridgehead atoms. The molecule has 130 valence electrons. The number of nitrogens with one attached hydrogen (secondary N) is 1. The normalized spacial score (nSPS) is 21.3. The van der Waals surface area contributed by atoms with Gasteiger partial charge in [0.2, 0.25) is 5.75 Å². The number of ether oxygens (including phenoxy) is 3. The maximum atomic E-state index is 12.5. The van der Waals surface area contributed by atoms with Crippen molar-refractivity contribution in [2.75, 3.05) is 14.2 Å². The fraction of sp³-hybridized carbons (Fsp3) is 0.625. The van der Waals surface area contributed by atoms with E-state index in [0.717, 1.165) is 31.2 Å². The predicted octanol–water partition coefficient (Wildman–Crippen LogP) is 2.70. The van der Waals surface area contributed by atoms with Crippen LogP contribution in [-0.2, 0) is 6.54 Å². The molecule has 0 amide bonds. The fourth-order valence-corrected chi connectivity index (χ4v) is 2.84. The third-order valence-corrected chi connectivity index (χ3v) is 4.03. The summed E-state index contributed by atoms with van der Waals surface area (Å²) in [7, 11) is 2.77. The van der Waals surface area contributed by atoms with Crippen molar-refractivity contribution in [3.8, 4) is 17.2 Å². The lowest BCUT2D eigenvalue weighted by Crippen LogP contribution is -2.41. The number of rotatable bonds is 7. The molecule has 0 saturated heterocycles. The quantitative estimate of drug-likeness (QED) is 0.804. The second kappa shape index (κ2) is 8.31. The second-order valence-electron chi connectivity index (χ2n) is 5.55. The van der Waals surface area contributed by atoms with Gasteiger partial charge in [-0.15, -0.1) is 0 Å². The Hall–Kier alpha value is -1.60. The maximum absolute atomic E-state index is 12.5. The molecule has 7 heteroatoms. The summed E-state index contributed by atoms with van der Waals surface area (Å²) in [5.74, 6) is 0.253. The van der Waals surface area contributed by atoms with Gasteiger partial charge in [0.1, 0.15) is 0 Å². The summed E-state index contributed by atoms with van der Waals surface area (Å²) < 4.78 is 39.8. The Bertz CT molecular complexity index is 488. The van der Waals surface area contributed by atoms with Crippen molar-refractivity contribution in [3.05, 3.63) is 17.7 Å². The summed E-state index contributed by atoms with van der Waals surface area (Å²) in [6.07, 6.45) is 3.49. The topological polar surface area (TPSA) is 60.0 Å². The summed E-state index contributed by atoms with van der Waals surface area (Å²) in [6, 6.07) is 3.29. The van der Waals surface area contributed by atoms with Gasteiger partial charge in [-0.25, -0.2) is 0 Å². The first kappa shape index (κ1) is 17.7. The average Bonchev–Trinajstić information content (AvgIpc) is 2.54. The Morgan fingerprint density at radius 2 is 1.78 bits per heavy atom. The fourth-order valence-electron chi connectivity index (χ4n) is 2.84. The van der Waals surface area contributed by atoms with Gasteiger partial charge in [-0.05, 0) is 30.5 Å². The van der Waals surface area contributed by atoms with E-state index in [9.17, 15) is 13.9 Å². The molecule has 2 N–H and O–H groups in total. The van der Waals surface area contributed by atoms with Crippen LogP contribution in [0, 0.1) is 0 Å². The Morgan fingerprint density at radius 1 is 1.17 bits per heavy atom. The lowest BCUT2D eigenvalue weighted by atomic mass is 9.92. The van der Waals surface area contributed by atoms with Crippen LogP contribution in [0.1, 0.15) is 31.2 Å². The number of methoxy groups -OCH3 is 2. The van der Waals surface area contributed by atoms with Gasteiger partial charge in [-0.1, -0.05) is 12.8 Å². The molecule has 1 aromatic carbocycles. The zero-order valence-corrected chi connectivity index (χ0v) is 13.4. The molecule has 2 rings (SSSR count). The number of hydrogen-bond donors (Lipinski definition) is 2.